The molecule has 2 aromatic carbocycles. The van der Waals surface area contributed by atoms with Crippen molar-refractivity contribution in [2.24, 2.45) is 0 Å². The van der Waals surface area contributed by atoms with E-state index in [1.54, 1.807) is 30.3 Å². The first-order valence-electron chi connectivity index (χ1n) is 8.22. The minimum atomic E-state index is -1.20. The third-order valence-corrected chi connectivity index (χ3v) is 4.35. The largest absolute Gasteiger partial charge is 0.507 e. The summed E-state index contributed by atoms with van der Waals surface area (Å²) >= 11 is 0. The van der Waals surface area contributed by atoms with Crippen LogP contribution in [-0.4, -0.2) is 39.3 Å². The number of nitrogens with zero attached hydrogens (tertiary/aromatic N) is 1. The predicted octanol–water partition coefficient (Wildman–Crippen LogP) is 2.72. The van der Waals surface area contributed by atoms with Gasteiger partial charge in [-0.1, -0.05) is 48.5 Å². The minimum absolute atomic E-state index is 0.0135. The number of carbonyl (C=O) groups is 3. The van der Waals surface area contributed by atoms with Gasteiger partial charge >= 0.3 is 5.97 Å². The Kier molecular flexibility index (Phi) is 5.03. The molecule has 1 heterocycles. The maximum atomic E-state index is 14.4. The number of hydrogen-bond donors (Lipinski definition) is 2. The summed E-state index contributed by atoms with van der Waals surface area (Å²) < 4.78 is 14.4. The maximum absolute atomic E-state index is 14.4. The molecule has 0 spiro atoms. The summed E-state index contributed by atoms with van der Waals surface area (Å²) in [5, 5.41) is 19.6. The average Bonchev–Trinajstić information content (AvgIpc) is 2.91. The third kappa shape index (κ3) is 3.44. The van der Waals surface area contributed by atoms with E-state index in [1.165, 1.54) is 24.3 Å². The van der Waals surface area contributed by atoms with Gasteiger partial charge in [-0.05, 0) is 6.07 Å². The van der Waals surface area contributed by atoms with Crippen molar-refractivity contribution in [3.8, 4) is 0 Å². The van der Waals surface area contributed by atoms with E-state index in [0.717, 1.165) is 4.90 Å². The maximum Gasteiger partial charge on any atom is 0.305 e. The first kappa shape index (κ1) is 18.3. The van der Waals surface area contributed by atoms with Crippen molar-refractivity contribution in [1.82, 2.24) is 4.90 Å². The molecule has 1 fully saturated rings. The molecular weight excluding hydrogens is 353 g/mol. The first-order valence-corrected chi connectivity index (χ1v) is 8.22. The van der Waals surface area contributed by atoms with Crippen LogP contribution in [-0.2, 0) is 14.4 Å². The van der Waals surface area contributed by atoms with Crippen LogP contribution in [0.5, 0.6) is 0 Å². The molecule has 6 nitrogen and oxygen atoms in total. The molecule has 0 aromatic heterocycles. The molecule has 0 aliphatic carbocycles. The lowest BCUT2D eigenvalue weighted by molar-refractivity contribution is -0.142. The van der Waals surface area contributed by atoms with Gasteiger partial charge in [-0.25, -0.2) is 4.39 Å². The number of hydrogen-bond acceptors (Lipinski definition) is 4. The van der Waals surface area contributed by atoms with Gasteiger partial charge in [-0.15, -0.1) is 0 Å². The lowest BCUT2D eigenvalue weighted by atomic mass is 9.95. The Morgan fingerprint density at radius 2 is 1.63 bits per heavy atom. The second-order valence-electron chi connectivity index (χ2n) is 6.02. The molecular formula is C20H16FNO5. The van der Waals surface area contributed by atoms with E-state index in [1.807, 2.05) is 0 Å². The van der Waals surface area contributed by atoms with Crippen LogP contribution in [0.15, 0.2) is 60.2 Å². The number of benzene rings is 2. The van der Waals surface area contributed by atoms with Gasteiger partial charge in [0.1, 0.15) is 11.6 Å². The van der Waals surface area contributed by atoms with Crippen LogP contribution < -0.4 is 0 Å². The molecule has 1 aliphatic heterocycles. The fourth-order valence-corrected chi connectivity index (χ4v) is 3.10. The number of amides is 1. The zero-order valence-corrected chi connectivity index (χ0v) is 14.1. The zero-order valence-electron chi connectivity index (χ0n) is 14.1. The number of likely N-dealkylation sites (tertiary alicyclic amines) is 1. The Bertz CT molecular complexity index is 938. The smallest absolute Gasteiger partial charge is 0.305 e. The molecule has 27 heavy (non-hydrogen) atoms. The van der Waals surface area contributed by atoms with Gasteiger partial charge in [0, 0.05) is 17.7 Å². The van der Waals surface area contributed by atoms with Gasteiger partial charge in [-0.2, -0.15) is 0 Å². The fraction of sp³-hybridized carbons (Fsp3) is 0.150. The highest BCUT2D eigenvalue weighted by Gasteiger charge is 2.46. The normalized spacial score (nSPS) is 18.7. The molecule has 1 saturated heterocycles. The molecule has 0 radical (unpaired) electrons. The molecule has 7 heteroatoms. The van der Waals surface area contributed by atoms with Crippen LogP contribution in [0, 0.1) is 5.82 Å². The summed E-state index contributed by atoms with van der Waals surface area (Å²) in [5.74, 6) is -4.20. The quantitative estimate of drug-likeness (QED) is 0.480. The molecule has 1 amide bonds. The van der Waals surface area contributed by atoms with Crippen molar-refractivity contribution >= 4 is 23.4 Å². The Morgan fingerprint density at radius 3 is 2.26 bits per heavy atom. The van der Waals surface area contributed by atoms with Crippen molar-refractivity contribution < 1.29 is 29.0 Å². The predicted molar refractivity (Wildman–Crippen MR) is 94.1 cm³/mol. The van der Waals surface area contributed by atoms with Crippen LogP contribution in [0.25, 0.3) is 5.76 Å². The van der Waals surface area contributed by atoms with Gasteiger partial charge in [0.25, 0.3) is 11.7 Å². The highest BCUT2D eigenvalue weighted by atomic mass is 19.1. The molecule has 138 valence electrons. The van der Waals surface area contributed by atoms with Crippen LogP contribution in [0.3, 0.4) is 0 Å². The molecule has 0 saturated carbocycles. The Balaban J connectivity index is 2.18. The number of aliphatic carboxylic acids is 1. The van der Waals surface area contributed by atoms with Gasteiger partial charge in [0.2, 0.25) is 0 Å². The third-order valence-electron chi connectivity index (χ3n) is 4.35. The number of aliphatic hydroxyl groups is 1. The fourth-order valence-electron chi connectivity index (χ4n) is 3.10. The number of carbonyl (C=O) groups excluding carboxylic acids is 2. The highest BCUT2D eigenvalue weighted by molar-refractivity contribution is 6.46. The second kappa shape index (κ2) is 7.41. The number of carboxylic acids is 1. The van der Waals surface area contributed by atoms with E-state index >= 15 is 0 Å². The first-order chi connectivity index (χ1) is 12.9. The lowest BCUT2D eigenvalue weighted by Crippen LogP contribution is -2.32. The van der Waals surface area contributed by atoms with Crippen molar-refractivity contribution in [1.29, 1.82) is 0 Å². The summed E-state index contributed by atoms with van der Waals surface area (Å²) in [4.78, 5) is 37.0. The van der Waals surface area contributed by atoms with E-state index in [4.69, 9.17) is 5.11 Å². The Labute approximate surface area is 154 Å². The van der Waals surface area contributed by atoms with Gasteiger partial charge < -0.3 is 15.1 Å². The molecule has 2 aromatic rings. The number of aliphatic hydroxyl groups excluding tert-OH is 1. The molecule has 0 bridgehead atoms. The summed E-state index contributed by atoms with van der Waals surface area (Å²) in [6.45, 7) is -0.287. The molecule has 2 N–H and O–H groups in total. The summed E-state index contributed by atoms with van der Waals surface area (Å²) in [6, 6.07) is 12.5. The van der Waals surface area contributed by atoms with E-state index in [2.05, 4.69) is 0 Å². The van der Waals surface area contributed by atoms with Crippen molar-refractivity contribution in [3.63, 3.8) is 0 Å². The molecule has 0 unspecified atom stereocenters. The van der Waals surface area contributed by atoms with Gasteiger partial charge in [0.15, 0.2) is 0 Å². The van der Waals surface area contributed by atoms with Crippen LogP contribution in [0.1, 0.15) is 23.6 Å². The van der Waals surface area contributed by atoms with E-state index in [0.29, 0.717) is 5.56 Å². The van der Waals surface area contributed by atoms with Crippen LogP contribution in [0.4, 0.5) is 4.39 Å². The monoisotopic (exact) mass is 369 g/mol. The van der Waals surface area contributed by atoms with Gasteiger partial charge in [-0.3, -0.25) is 14.4 Å². The van der Waals surface area contributed by atoms with Gasteiger partial charge in [0.05, 0.1) is 18.0 Å². The SMILES string of the molecule is O=C(O)CCN1C(=O)C(=O)/C(=C(/O)c2ccccc2)[C@H]1c1ccccc1F. The van der Waals surface area contributed by atoms with Crippen LogP contribution in [0.2, 0.25) is 0 Å². The average molecular weight is 369 g/mol. The molecule has 3 rings (SSSR count). The summed E-state index contributed by atoms with van der Waals surface area (Å²) in [7, 11) is 0. The molecule has 1 atom stereocenters. The number of Topliss-reactive ketones (excluding diaryl/α,β-unsaturated/α-hetero) is 1. The Morgan fingerprint density at radius 1 is 1.00 bits per heavy atom. The van der Waals surface area contributed by atoms with Crippen LogP contribution >= 0.6 is 0 Å². The van der Waals surface area contributed by atoms with Crippen molar-refractivity contribution in [3.05, 3.63) is 77.1 Å². The van der Waals surface area contributed by atoms with E-state index in [9.17, 15) is 23.9 Å². The summed E-state index contributed by atoms with van der Waals surface area (Å²) in [5.41, 5.74) is 0.0522. The number of carboxylic acid groups (broad SMARTS) is 1. The van der Waals surface area contributed by atoms with Crippen molar-refractivity contribution in [2.45, 2.75) is 12.5 Å². The lowest BCUT2D eigenvalue weighted by Gasteiger charge is -2.25. The molecule has 1 aliphatic rings. The second-order valence-corrected chi connectivity index (χ2v) is 6.02. The number of ketones is 1. The standard InChI is InChI=1S/C20H16FNO5/c21-14-9-5-4-8-13(14)17-16(18(25)12-6-2-1-3-7-12)19(26)20(27)22(17)11-10-15(23)24/h1-9,17,25H,10-11H2,(H,23,24)/b18-16+/t17-/m1/s1. The zero-order chi connectivity index (χ0) is 19.6. The van der Waals surface area contributed by atoms with E-state index < -0.39 is 41.7 Å². The summed E-state index contributed by atoms with van der Waals surface area (Å²) in [6.07, 6.45) is -0.413. The topological polar surface area (TPSA) is 94.9 Å². The minimum Gasteiger partial charge on any atom is -0.507 e. The number of rotatable bonds is 5. The van der Waals surface area contributed by atoms with E-state index in [-0.39, 0.29) is 17.7 Å². The number of halogens is 1. The Hall–Kier alpha value is -3.48. The highest BCUT2D eigenvalue weighted by Crippen LogP contribution is 2.40. The van der Waals surface area contributed by atoms with Crippen molar-refractivity contribution in [2.75, 3.05) is 6.54 Å².